The molecule has 0 saturated carbocycles. The van der Waals surface area contributed by atoms with Crippen LogP contribution in [0, 0.1) is 0 Å². The molecular formula is C18H22K2N4O6. The van der Waals surface area contributed by atoms with E-state index >= 15 is 0 Å². The zero-order chi connectivity index (χ0) is 19.9. The van der Waals surface area contributed by atoms with Gasteiger partial charge in [-0.3, -0.25) is 9.80 Å². The van der Waals surface area contributed by atoms with Crippen LogP contribution in [-0.2, 0) is 13.1 Å². The maximum Gasteiger partial charge on any atom is 1.00 e. The van der Waals surface area contributed by atoms with E-state index in [1.165, 1.54) is 25.7 Å². The van der Waals surface area contributed by atoms with Gasteiger partial charge in [0, 0.05) is 0 Å². The van der Waals surface area contributed by atoms with Gasteiger partial charge in [0.05, 0.1) is 25.0 Å². The number of carbonyl (C=O) groups is 2. The van der Waals surface area contributed by atoms with Gasteiger partial charge in [-0.05, 0) is 51.9 Å². The number of aromatic nitrogens is 2. The number of carboxylic acids is 2. The number of hydrogen-bond acceptors (Lipinski definition) is 10. The minimum absolute atomic E-state index is 0. The maximum atomic E-state index is 10.4. The summed E-state index contributed by atoms with van der Waals surface area (Å²) < 4.78 is 10.0. The van der Waals surface area contributed by atoms with Gasteiger partial charge < -0.3 is 28.6 Å². The quantitative estimate of drug-likeness (QED) is 0.376. The second-order valence-electron chi connectivity index (χ2n) is 6.79. The van der Waals surface area contributed by atoms with Crippen molar-refractivity contribution in [2.75, 3.05) is 26.2 Å². The third kappa shape index (κ3) is 9.19. The van der Waals surface area contributed by atoms with Crippen molar-refractivity contribution in [3.8, 4) is 0 Å². The van der Waals surface area contributed by atoms with Crippen molar-refractivity contribution in [1.82, 2.24) is 19.8 Å². The molecule has 0 bridgehead atoms. The summed E-state index contributed by atoms with van der Waals surface area (Å²) in [5.74, 6) is -1.68. The molecular weight excluding hydrogens is 446 g/mol. The van der Waals surface area contributed by atoms with Crippen LogP contribution in [0.15, 0.2) is 21.4 Å². The molecule has 4 rings (SSSR count). The van der Waals surface area contributed by atoms with Gasteiger partial charge >= 0.3 is 103 Å². The predicted molar refractivity (Wildman–Crippen MR) is 90.7 cm³/mol. The van der Waals surface area contributed by atoms with Gasteiger partial charge in [-0.25, -0.2) is 9.97 Å². The van der Waals surface area contributed by atoms with Gasteiger partial charge in [0.25, 0.3) is 0 Å². The molecule has 0 amide bonds. The molecule has 2 aromatic heterocycles. The van der Waals surface area contributed by atoms with Crippen molar-refractivity contribution in [3.05, 3.63) is 35.7 Å². The zero-order valence-electron chi connectivity index (χ0n) is 17.5. The molecule has 0 spiro atoms. The van der Waals surface area contributed by atoms with Crippen molar-refractivity contribution in [2.24, 2.45) is 0 Å². The average molecular weight is 469 g/mol. The average Bonchev–Trinajstić information content (AvgIpc) is 3.45. The van der Waals surface area contributed by atoms with E-state index in [2.05, 4.69) is 19.8 Å². The fourth-order valence-electron chi connectivity index (χ4n) is 3.22. The SMILES string of the molecule is O=C([O-])c1coc(CN2CCCC2)n1.O=C([O-])c1coc(CN2CCCC2)n1.[K+].[K+]. The minimum Gasteiger partial charge on any atom is -0.543 e. The summed E-state index contributed by atoms with van der Waals surface area (Å²) in [6, 6.07) is 0. The molecule has 2 aromatic rings. The van der Waals surface area contributed by atoms with Crippen LogP contribution >= 0.6 is 0 Å². The second kappa shape index (κ2) is 14.7. The third-order valence-corrected chi connectivity index (χ3v) is 4.64. The van der Waals surface area contributed by atoms with Gasteiger partial charge in [-0.15, -0.1) is 0 Å². The topological polar surface area (TPSA) is 139 Å². The Bertz CT molecular complexity index is 734. The Morgan fingerprint density at radius 1 is 0.767 bits per heavy atom. The number of rotatable bonds is 6. The first-order valence-corrected chi connectivity index (χ1v) is 9.27. The van der Waals surface area contributed by atoms with Crippen LogP contribution in [0.3, 0.4) is 0 Å². The van der Waals surface area contributed by atoms with E-state index in [0.717, 1.165) is 38.7 Å². The molecule has 0 aromatic carbocycles. The number of carbonyl (C=O) groups excluding carboxylic acids is 2. The van der Waals surface area contributed by atoms with Gasteiger partial charge in [0.15, 0.2) is 0 Å². The molecule has 2 aliphatic rings. The van der Waals surface area contributed by atoms with Crippen molar-refractivity contribution in [1.29, 1.82) is 0 Å². The van der Waals surface area contributed by atoms with Crippen LogP contribution in [0.1, 0.15) is 58.4 Å². The van der Waals surface area contributed by atoms with Crippen molar-refractivity contribution in [3.63, 3.8) is 0 Å². The molecule has 152 valence electrons. The minimum atomic E-state index is -1.29. The molecule has 0 atom stereocenters. The third-order valence-electron chi connectivity index (χ3n) is 4.64. The van der Waals surface area contributed by atoms with Crippen LogP contribution < -0.4 is 113 Å². The Morgan fingerprint density at radius 3 is 1.37 bits per heavy atom. The maximum absolute atomic E-state index is 10.4. The van der Waals surface area contributed by atoms with E-state index in [4.69, 9.17) is 8.83 Å². The van der Waals surface area contributed by atoms with Gasteiger partial charge in [-0.2, -0.15) is 0 Å². The second-order valence-corrected chi connectivity index (χ2v) is 6.79. The fourth-order valence-corrected chi connectivity index (χ4v) is 3.22. The predicted octanol–water partition coefficient (Wildman–Crippen LogP) is -6.72. The Balaban J connectivity index is 0.000000281. The largest absolute Gasteiger partial charge is 1.00 e. The van der Waals surface area contributed by atoms with E-state index < -0.39 is 11.9 Å². The molecule has 12 heteroatoms. The molecule has 0 unspecified atom stereocenters. The van der Waals surface area contributed by atoms with E-state index in [9.17, 15) is 19.8 Å². The number of hydrogen-bond donors (Lipinski definition) is 0. The summed E-state index contributed by atoms with van der Waals surface area (Å²) in [5.41, 5.74) is -0.251. The smallest absolute Gasteiger partial charge is 0.543 e. The molecule has 2 fully saturated rings. The first kappa shape index (κ1) is 28.6. The molecule has 0 aliphatic carbocycles. The Morgan fingerprint density at radius 2 is 1.10 bits per heavy atom. The summed E-state index contributed by atoms with van der Waals surface area (Å²) in [6.07, 6.45) is 7.01. The van der Waals surface area contributed by atoms with Crippen LogP contribution in [0.2, 0.25) is 0 Å². The summed E-state index contributed by atoms with van der Waals surface area (Å²) in [6.45, 7) is 5.30. The first-order valence-electron chi connectivity index (χ1n) is 9.27. The van der Waals surface area contributed by atoms with Crippen molar-refractivity contribution in [2.45, 2.75) is 38.8 Å². The number of likely N-dealkylation sites (tertiary alicyclic amines) is 2. The molecule has 4 heterocycles. The van der Waals surface area contributed by atoms with E-state index in [0.29, 0.717) is 24.9 Å². The number of nitrogens with zero attached hydrogens (tertiary/aromatic N) is 4. The van der Waals surface area contributed by atoms with Crippen LogP contribution in [0.5, 0.6) is 0 Å². The van der Waals surface area contributed by atoms with Crippen molar-refractivity contribution >= 4 is 11.9 Å². The monoisotopic (exact) mass is 468 g/mol. The summed E-state index contributed by atoms with van der Waals surface area (Å²) in [7, 11) is 0. The Hall–Kier alpha value is 0.553. The summed E-state index contributed by atoms with van der Waals surface area (Å²) in [5, 5.41) is 20.8. The first-order chi connectivity index (χ1) is 13.5. The van der Waals surface area contributed by atoms with Crippen LogP contribution in [-0.4, -0.2) is 57.9 Å². The van der Waals surface area contributed by atoms with Gasteiger partial charge in [0.1, 0.15) is 23.9 Å². The van der Waals surface area contributed by atoms with E-state index in [1.54, 1.807) is 0 Å². The summed E-state index contributed by atoms with van der Waals surface area (Å²) in [4.78, 5) is 32.8. The molecule has 10 nitrogen and oxygen atoms in total. The van der Waals surface area contributed by atoms with E-state index in [-0.39, 0.29) is 114 Å². The van der Waals surface area contributed by atoms with Crippen LogP contribution in [0.25, 0.3) is 0 Å². The number of aromatic carboxylic acids is 2. The van der Waals surface area contributed by atoms with Crippen LogP contribution in [0.4, 0.5) is 0 Å². The Labute approximate surface area is 259 Å². The summed E-state index contributed by atoms with van der Waals surface area (Å²) >= 11 is 0. The standard InChI is InChI=1S/2C9H12N2O3.2K/c2*12-9(13)7-6-14-8(10-7)5-11-3-1-2-4-11;;/h2*6H,1-5H2,(H,12,13);;/q;;2*+1/p-2. The molecule has 30 heavy (non-hydrogen) atoms. The molecule has 2 aliphatic heterocycles. The van der Waals surface area contributed by atoms with Crippen molar-refractivity contribution < 1.29 is 131 Å². The van der Waals surface area contributed by atoms with E-state index in [1.807, 2.05) is 0 Å². The Kier molecular flexibility index (Phi) is 14.0. The molecule has 2 saturated heterocycles. The van der Waals surface area contributed by atoms with Gasteiger partial charge in [-0.1, -0.05) is 0 Å². The number of oxazole rings is 2. The fraction of sp³-hybridized carbons (Fsp3) is 0.556. The number of carboxylic acid groups (broad SMARTS) is 2. The normalized spacial score (nSPS) is 16.3. The van der Waals surface area contributed by atoms with Gasteiger partial charge in [0.2, 0.25) is 11.8 Å². The zero-order valence-corrected chi connectivity index (χ0v) is 23.7. The molecule has 0 N–H and O–H groups in total. The molecule has 0 radical (unpaired) electrons.